The van der Waals surface area contributed by atoms with Crippen LogP contribution in [0.15, 0.2) is 71.8 Å². The van der Waals surface area contributed by atoms with Gasteiger partial charge in [-0.3, -0.25) is 10.3 Å². The van der Waals surface area contributed by atoms with Gasteiger partial charge in [-0.1, -0.05) is 42.5 Å². The molecule has 1 heterocycles. The molecule has 0 unspecified atom stereocenters. The van der Waals surface area contributed by atoms with E-state index in [2.05, 4.69) is 27.6 Å². The van der Waals surface area contributed by atoms with E-state index in [1.54, 1.807) is 6.07 Å². The van der Waals surface area contributed by atoms with Crippen LogP contribution in [0.4, 0.5) is 18.9 Å². The summed E-state index contributed by atoms with van der Waals surface area (Å²) in [4.78, 5) is 4.07. The monoisotopic (exact) mass is 483 g/mol. The normalized spacial score (nSPS) is 16.7. The second kappa shape index (κ2) is 10.7. The minimum absolute atomic E-state index is 0.0191. The molecule has 0 radical (unpaired) electrons. The van der Waals surface area contributed by atoms with Crippen LogP contribution in [0.25, 0.3) is 0 Å². The zero-order chi connectivity index (χ0) is 24.1. The quantitative estimate of drug-likeness (QED) is 0.311. The SMILES string of the molecule is NC(=S)N/N=C/c1cc(F)c(N2CCN(Cc3cccc(F)c3)[C@H](c3ccccc3)C2)cc1F. The van der Waals surface area contributed by atoms with Crippen LogP contribution in [0.1, 0.15) is 22.7 Å². The number of rotatable bonds is 6. The van der Waals surface area contributed by atoms with Crippen LogP contribution < -0.4 is 16.1 Å². The van der Waals surface area contributed by atoms with Crippen LogP contribution >= 0.6 is 12.2 Å². The molecule has 34 heavy (non-hydrogen) atoms. The minimum Gasteiger partial charge on any atom is -0.375 e. The van der Waals surface area contributed by atoms with Crippen molar-refractivity contribution in [2.45, 2.75) is 12.6 Å². The van der Waals surface area contributed by atoms with E-state index in [4.69, 9.17) is 5.73 Å². The van der Waals surface area contributed by atoms with Crippen LogP contribution in [0.5, 0.6) is 0 Å². The Hall–Kier alpha value is -3.43. The largest absolute Gasteiger partial charge is 0.375 e. The highest BCUT2D eigenvalue weighted by Gasteiger charge is 2.30. The van der Waals surface area contributed by atoms with Gasteiger partial charge in [0.15, 0.2) is 5.11 Å². The number of halogens is 3. The van der Waals surface area contributed by atoms with E-state index in [1.807, 2.05) is 41.3 Å². The Labute approximate surface area is 201 Å². The summed E-state index contributed by atoms with van der Waals surface area (Å²) in [5.74, 6) is -1.44. The van der Waals surface area contributed by atoms with Crippen molar-refractivity contribution in [3.8, 4) is 0 Å². The number of anilines is 1. The summed E-state index contributed by atoms with van der Waals surface area (Å²) in [7, 11) is 0. The molecule has 0 amide bonds. The number of nitrogens with one attached hydrogen (secondary N) is 1. The molecule has 9 heteroatoms. The molecule has 5 nitrogen and oxygen atoms in total. The Morgan fingerprint density at radius 1 is 1.03 bits per heavy atom. The first-order valence-corrected chi connectivity index (χ1v) is 11.2. The average molecular weight is 484 g/mol. The van der Waals surface area contributed by atoms with Gasteiger partial charge in [-0.2, -0.15) is 5.10 Å². The molecule has 0 aliphatic carbocycles. The fraction of sp³-hybridized carbons (Fsp3) is 0.200. The van der Waals surface area contributed by atoms with Gasteiger partial charge in [-0.15, -0.1) is 0 Å². The second-order valence-corrected chi connectivity index (χ2v) is 8.47. The first-order chi connectivity index (χ1) is 16.4. The number of hydrazone groups is 1. The Morgan fingerprint density at radius 3 is 2.56 bits per heavy atom. The number of nitrogens with two attached hydrogens (primary N) is 1. The molecule has 1 aliphatic heterocycles. The molecular formula is C25H24F3N5S. The van der Waals surface area contributed by atoms with Crippen molar-refractivity contribution in [1.29, 1.82) is 0 Å². The molecule has 3 aromatic rings. The molecule has 1 fully saturated rings. The lowest BCUT2D eigenvalue weighted by atomic mass is 10.0. The van der Waals surface area contributed by atoms with Crippen molar-refractivity contribution in [3.63, 3.8) is 0 Å². The highest BCUT2D eigenvalue weighted by molar-refractivity contribution is 7.80. The van der Waals surface area contributed by atoms with Gasteiger partial charge in [0, 0.05) is 37.8 Å². The summed E-state index contributed by atoms with van der Waals surface area (Å²) in [6, 6.07) is 18.6. The molecule has 1 saturated heterocycles. The van der Waals surface area contributed by atoms with Gasteiger partial charge >= 0.3 is 0 Å². The average Bonchev–Trinajstić information content (AvgIpc) is 2.82. The number of nitrogens with zero attached hydrogens (tertiary/aromatic N) is 3. The Bertz CT molecular complexity index is 1190. The molecular weight excluding hydrogens is 459 g/mol. The molecule has 0 bridgehead atoms. The predicted molar refractivity (Wildman–Crippen MR) is 132 cm³/mol. The van der Waals surface area contributed by atoms with Gasteiger partial charge in [0.25, 0.3) is 0 Å². The number of hydrogen-bond donors (Lipinski definition) is 2. The third-order valence-corrected chi connectivity index (χ3v) is 5.83. The van der Waals surface area contributed by atoms with Crippen LogP contribution in [-0.2, 0) is 6.54 Å². The number of benzene rings is 3. The molecule has 3 aromatic carbocycles. The molecule has 1 atom stereocenters. The maximum absolute atomic E-state index is 15.0. The molecule has 0 spiro atoms. The predicted octanol–water partition coefficient (Wildman–Crippen LogP) is 4.33. The van der Waals surface area contributed by atoms with E-state index in [1.165, 1.54) is 18.2 Å². The van der Waals surface area contributed by atoms with Crippen molar-refractivity contribution in [1.82, 2.24) is 10.3 Å². The smallest absolute Gasteiger partial charge is 0.184 e. The van der Waals surface area contributed by atoms with Crippen molar-refractivity contribution in [2.24, 2.45) is 10.8 Å². The topological polar surface area (TPSA) is 56.9 Å². The Balaban J connectivity index is 1.58. The van der Waals surface area contributed by atoms with Crippen molar-refractivity contribution in [3.05, 3.63) is 101 Å². The third kappa shape index (κ3) is 5.73. The van der Waals surface area contributed by atoms with E-state index in [0.717, 1.165) is 23.4 Å². The van der Waals surface area contributed by atoms with Gasteiger partial charge in [-0.25, -0.2) is 13.2 Å². The first-order valence-electron chi connectivity index (χ1n) is 10.8. The lowest BCUT2D eigenvalue weighted by molar-refractivity contribution is 0.168. The van der Waals surface area contributed by atoms with Crippen molar-refractivity contribution < 1.29 is 13.2 Å². The lowest BCUT2D eigenvalue weighted by Crippen LogP contribution is -2.48. The van der Waals surface area contributed by atoms with Gasteiger partial charge in [0.05, 0.1) is 17.9 Å². The van der Waals surface area contributed by atoms with Crippen LogP contribution in [0.3, 0.4) is 0 Å². The summed E-state index contributed by atoms with van der Waals surface area (Å²) >= 11 is 4.64. The molecule has 0 aromatic heterocycles. The lowest BCUT2D eigenvalue weighted by Gasteiger charge is -2.43. The van der Waals surface area contributed by atoms with E-state index < -0.39 is 11.6 Å². The Kier molecular flexibility index (Phi) is 7.44. The fourth-order valence-electron chi connectivity index (χ4n) is 4.15. The third-order valence-electron chi connectivity index (χ3n) is 5.74. The highest BCUT2D eigenvalue weighted by atomic mass is 32.1. The number of piperazine rings is 1. The number of hydrogen-bond acceptors (Lipinski definition) is 4. The molecule has 1 aliphatic rings. The standard InChI is InChI=1S/C25H24F3N5S/c26-20-8-4-5-17(11-20)15-32-9-10-33(16-24(32)18-6-2-1-3-7-18)23-13-21(27)19(12-22(23)28)14-30-31-25(29)34/h1-8,11-14,24H,9-10,15-16H2,(H3,29,31,34)/b30-14+/t24-/m0/s1. The van der Waals surface area contributed by atoms with Crippen molar-refractivity contribution >= 4 is 29.2 Å². The van der Waals surface area contributed by atoms with Gasteiger partial charge in [-0.05, 0) is 41.5 Å². The van der Waals surface area contributed by atoms with E-state index >= 15 is 4.39 Å². The zero-order valence-corrected chi connectivity index (χ0v) is 19.1. The van der Waals surface area contributed by atoms with E-state index in [9.17, 15) is 8.78 Å². The fourth-order valence-corrected chi connectivity index (χ4v) is 4.20. The summed E-state index contributed by atoms with van der Waals surface area (Å²) in [6.07, 6.45) is 1.13. The first kappa shape index (κ1) is 23.7. The summed E-state index contributed by atoms with van der Waals surface area (Å²) < 4.78 is 43.5. The summed E-state index contributed by atoms with van der Waals surface area (Å²) in [5.41, 5.74) is 9.68. The van der Waals surface area contributed by atoms with Gasteiger partial charge in [0.1, 0.15) is 17.5 Å². The summed E-state index contributed by atoms with van der Waals surface area (Å²) in [5, 5.41) is 3.63. The molecule has 3 N–H and O–H groups in total. The molecule has 176 valence electrons. The van der Waals surface area contributed by atoms with Crippen LogP contribution in [0, 0.1) is 17.5 Å². The Morgan fingerprint density at radius 2 is 1.82 bits per heavy atom. The van der Waals surface area contributed by atoms with Gasteiger partial charge in [0.2, 0.25) is 0 Å². The van der Waals surface area contributed by atoms with E-state index in [0.29, 0.717) is 26.2 Å². The zero-order valence-electron chi connectivity index (χ0n) is 18.3. The van der Waals surface area contributed by atoms with Crippen molar-refractivity contribution in [2.75, 3.05) is 24.5 Å². The maximum atomic E-state index is 15.0. The van der Waals surface area contributed by atoms with E-state index in [-0.39, 0.29) is 28.2 Å². The van der Waals surface area contributed by atoms with Crippen LogP contribution in [0.2, 0.25) is 0 Å². The van der Waals surface area contributed by atoms with Gasteiger partial charge < -0.3 is 10.6 Å². The highest BCUT2D eigenvalue weighted by Crippen LogP contribution is 2.32. The number of thiocarbonyl (C=S) groups is 1. The molecule has 4 rings (SSSR count). The summed E-state index contributed by atoms with van der Waals surface area (Å²) in [6.45, 7) is 2.09. The van der Waals surface area contributed by atoms with Crippen LogP contribution in [-0.4, -0.2) is 35.9 Å². The molecule has 0 saturated carbocycles. The minimum atomic E-state index is -0.608. The maximum Gasteiger partial charge on any atom is 0.184 e. The second-order valence-electron chi connectivity index (χ2n) is 8.03.